The van der Waals surface area contributed by atoms with Crippen LogP contribution in [-0.4, -0.2) is 68.7 Å². The number of hydrogen-bond donors (Lipinski definition) is 6. The van der Waals surface area contributed by atoms with Crippen molar-refractivity contribution in [1.29, 1.82) is 0 Å². The van der Waals surface area contributed by atoms with Crippen LogP contribution in [0.5, 0.6) is 11.5 Å². The van der Waals surface area contributed by atoms with Crippen molar-refractivity contribution in [2.24, 2.45) is 11.5 Å². The summed E-state index contributed by atoms with van der Waals surface area (Å²) in [6.07, 6.45) is 0.205. The van der Waals surface area contributed by atoms with E-state index in [9.17, 15) is 47.8 Å². The fourth-order valence-electron chi connectivity index (χ4n) is 6.96. The summed E-state index contributed by atoms with van der Waals surface area (Å²) >= 11 is 1.26. The number of nitro benzene ring substituents is 2. The van der Waals surface area contributed by atoms with Crippen LogP contribution in [0.15, 0.2) is 183 Å². The number of non-ortho nitro benzene ring substituents is 2. The number of carbonyl (C=O) groups is 4. The SMILES string of the molecule is COc1ccccc1NC(=O)c1c(NC(=O)C(N)Cc2ccccc2)cccc1S(=O)(=O)c1ccc([N+](=O)[O-])cc1.COc1ccccc1NC(=O)c1c(NCC(N)=O)cccc1Sc1ccc([N+](=O)[O-])cc1.Cl. The first-order valence-electron chi connectivity index (χ1n) is 21.7. The number of methoxy groups -OCH3 is 2. The van der Waals surface area contributed by atoms with E-state index in [1.807, 2.05) is 30.3 Å². The second kappa shape index (κ2) is 26.0. The number of nitrogens with one attached hydrogen (secondary N) is 4. The summed E-state index contributed by atoms with van der Waals surface area (Å²) in [6.45, 7) is -0.152. The number of carbonyl (C=O) groups excluding carboxylic acids is 4. The Morgan fingerprint density at radius 2 is 1.09 bits per heavy atom. The molecule has 4 amide bonds. The molecule has 0 aliphatic heterocycles. The van der Waals surface area contributed by atoms with Crippen LogP contribution in [0.25, 0.3) is 0 Å². The highest BCUT2D eigenvalue weighted by molar-refractivity contribution is 7.99. The van der Waals surface area contributed by atoms with Crippen molar-refractivity contribution in [1.82, 2.24) is 0 Å². The molecule has 74 heavy (non-hydrogen) atoms. The molecular weight excluding hydrogens is 1020 g/mol. The van der Waals surface area contributed by atoms with Crippen molar-refractivity contribution in [3.05, 3.63) is 201 Å². The zero-order valence-corrected chi connectivity index (χ0v) is 41.7. The van der Waals surface area contributed by atoms with Crippen LogP contribution in [-0.2, 0) is 25.8 Å². The topological polar surface area (TPSA) is 307 Å². The number of para-hydroxylation sites is 4. The lowest BCUT2D eigenvalue weighted by Gasteiger charge is -2.18. The van der Waals surface area contributed by atoms with Gasteiger partial charge in [0.05, 0.1) is 74.6 Å². The number of ether oxygens (including phenoxy) is 2. The lowest BCUT2D eigenvalue weighted by atomic mass is 10.1. The number of anilines is 4. The highest BCUT2D eigenvalue weighted by atomic mass is 35.5. The molecule has 7 aromatic carbocycles. The van der Waals surface area contributed by atoms with Crippen molar-refractivity contribution < 1.29 is 46.9 Å². The number of nitrogens with two attached hydrogens (primary N) is 2. The molecular formula is C51H47ClN8O12S2. The monoisotopic (exact) mass is 1060 g/mol. The second-order valence-corrected chi connectivity index (χ2v) is 18.4. The summed E-state index contributed by atoms with van der Waals surface area (Å²) < 4.78 is 38.0. The molecule has 0 heterocycles. The Balaban J connectivity index is 0.000000279. The smallest absolute Gasteiger partial charge is 0.269 e. The molecule has 0 saturated heterocycles. The van der Waals surface area contributed by atoms with Gasteiger partial charge in [-0.05, 0) is 84.8 Å². The number of primary amides is 1. The average Bonchev–Trinajstić information content (AvgIpc) is 3.38. The van der Waals surface area contributed by atoms with E-state index in [2.05, 4.69) is 21.3 Å². The van der Waals surface area contributed by atoms with E-state index >= 15 is 0 Å². The van der Waals surface area contributed by atoms with Gasteiger partial charge in [0.15, 0.2) is 0 Å². The third-order valence-electron chi connectivity index (χ3n) is 10.5. The lowest BCUT2D eigenvalue weighted by Crippen LogP contribution is -2.38. The molecule has 23 heteroatoms. The number of rotatable bonds is 19. The lowest BCUT2D eigenvalue weighted by molar-refractivity contribution is -0.385. The van der Waals surface area contributed by atoms with E-state index in [1.54, 1.807) is 78.9 Å². The van der Waals surface area contributed by atoms with Gasteiger partial charge in [-0.1, -0.05) is 78.5 Å². The standard InChI is InChI=1S/C29H26N4O7S.C22H20N4O5S.ClH/c1-40-25-12-6-5-10-23(25)31-29(35)27-24(32-28(34)22(30)18-19-8-3-2-4-9-19)11-7-13-26(27)41(38,39)21-16-14-20(15-17-21)33(36)37;1-31-18-7-3-2-5-16(18)25-22(28)21-17(24-13-20(23)27)6-4-8-19(21)32-15-11-9-14(10-12-15)26(29)30;/h2-17,22H,18,30H2,1H3,(H,31,35)(H,32,34);2-12,24H,13H2,1H3,(H2,23,27)(H,25,28);1H. The maximum Gasteiger partial charge on any atom is 0.269 e. The van der Waals surface area contributed by atoms with Gasteiger partial charge in [0, 0.05) is 39.7 Å². The fourth-order valence-corrected chi connectivity index (χ4v) is 9.42. The normalized spacial score (nSPS) is 11.0. The van der Waals surface area contributed by atoms with E-state index in [-0.39, 0.29) is 58.6 Å². The van der Waals surface area contributed by atoms with E-state index in [1.165, 1.54) is 56.3 Å². The molecule has 0 aromatic heterocycles. The van der Waals surface area contributed by atoms with Crippen LogP contribution in [0.3, 0.4) is 0 Å². The highest BCUT2D eigenvalue weighted by Gasteiger charge is 2.30. The van der Waals surface area contributed by atoms with Gasteiger partial charge in [-0.15, -0.1) is 12.4 Å². The first kappa shape index (κ1) is 56.1. The summed E-state index contributed by atoms with van der Waals surface area (Å²) in [7, 11) is -1.47. The molecule has 0 fully saturated rings. The Morgan fingerprint density at radius 1 is 0.608 bits per heavy atom. The third kappa shape index (κ3) is 14.4. The second-order valence-electron chi connectivity index (χ2n) is 15.4. The van der Waals surface area contributed by atoms with Crippen LogP contribution < -0.4 is 42.2 Å². The van der Waals surface area contributed by atoms with E-state index < -0.39 is 54.2 Å². The summed E-state index contributed by atoms with van der Waals surface area (Å²) in [5.74, 6) is -1.66. The molecule has 7 aromatic rings. The maximum atomic E-state index is 13.7. The first-order valence-corrected chi connectivity index (χ1v) is 24.0. The van der Waals surface area contributed by atoms with Crippen molar-refractivity contribution in [3.63, 3.8) is 0 Å². The quantitative estimate of drug-likeness (QED) is 0.0327. The third-order valence-corrected chi connectivity index (χ3v) is 13.4. The van der Waals surface area contributed by atoms with Crippen LogP contribution >= 0.6 is 24.2 Å². The number of amides is 4. The molecule has 0 spiro atoms. The summed E-state index contributed by atoms with van der Waals surface area (Å²) in [5.41, 5.74) is 12.9. The Bertz CT molecular complexity index is 3280. The largest absolute Gasteiger partial charge is 0.495 e. The van der Waals surface area contributed by atoms with Gasteiger partial charge in [0.1, 0.15) is 11.5 Å². The number of halogens is 1. The zero-order chi connectivity index (χ0) is 52.7. The van der Waals surface area contributed by atoms with Crippen LogP contribution in [0.2, 0.25) is 0 Å². The van der Waals surface area contributed by atoms with Crippen LogP contribution in [0.4, 0.5) is 34.1 Å². The minimum Gasteiger partial charge on any atom is -0.495 e. The fraction of sp³-hybridized carbons (Fsp3) is 0.0980. The molecule has 7 rings (SSSR count). The zero-order valence-electron chi connectivity index (χ0n) is 39.3. The first-order chi connectivity index (χ1) is 35.0. The van der Waals surface area contributed by atoms with Gasteiger partial charge >= 0.3 is 0 Å². The van der Waals surface area contributed by atoms with Gasteiger partial charge in [-0.3, -0.25) is 39.4 Å². The number of hydrogen-bond acceptors (Lipinski definition) is 15. The van der Waals surface area contributed by atoms with E-state index in [0.29, 0.717) is 38.2 Å². The van der Waals surface area contributed by atoms with Crippen molar-refractivity contribution in [2.75, 3.05) is 42.0 Å². The summed E-state index contributed by atoms with van der Waals surface area (Å²) in [4.78, 5) is 72.7. The summed E-state index contributed by atoms with van der Waals surface area (Å²) in [5, 5.41) is 32.9. The molecule has 0 aliphatic carbocycles. The van der Waals surface area contributed by atoms with E-state index in [4.69, 9.17) is 20.9 Å². The molecule has 8 N–H and O–H groups in total. The molecule has 0 saturated carbocycles. The number of benzene rings is 7. The molecule has 0 bridgehead atoms. The van der Waals surface area contributed by atoms with Crippen LogP contribution in [0, 0.1) is 20.2 Å². The Kier molecular flexibility index (Phi) is 19.7. The van der Waals surface area contributed by atoms with Gasteiger partial charge in [0.2, 0.25) is 21.7 Å². The van der Waals surface area contributed by atoms with Crippen LogP contribution in [0.1, 0.15) is 26.3 Å². The Labute approximate surface area is 434 Å². The number of nitrogens with zero attached hydrogens (tertiary/aromatic N) is 2. The van der Waals surface area contributed by atoms with Gasteiger partial charge in [-0.25, -0.2) is 8.42 Å². The Hall–Kier alpha value is -8.83. The minimum atomic E-state index is -4.39. The van der Waals surface area contributed by atoms with Gasteiger partial charge in [0.25, 0.3) is 23.2 Å². The van der Waals surface area contributed by atoms with Crippen molar-refractivity contribution in [3.8, 4) is 11.5 Å². The molecule has 1 atom stereocenters. The average molecular weight is 1060 g/mol. The molecule has 20 nitrogen and oxygen atoms in total. The number of nitro groups is 2. The van der Waals surface area contributed by atoms with E-state index in [0.717, 1.165) is 29.8 Å². The molecule has 382 valence electrons. The number of sulfone groups is 1. The Morgan fingerprint density at radius 3 is 1.64 bits per heavy atom. The van der Waals surface area contributed by atoms with Crippen molar-refractivity contribution >= 4 is 91.8 Å². The minimum absolute atomic E-state index is 0. The predicted molar refractivity (Wildman–Crippen MR) is 282 cm³/mol. The molecule has 0 radical (unpaired) electrons. The van der Waals surface area contributed by atoms with Crippen molar-refractivity contribution in [2.45, 2.75) is 32.0 Å². The molecule has 1 unspecified atom stereocenters. The molecule has 0 aliphatic rings. The highest BCUT2D eigenvalue weighted by Crippen LogP contribution is 2.37. The predicted octanol–water partition coefficient (Wildman–Crippen LogP) is 8.52. The van der Waals surface area contributed by atoms with Gasteiger partial charge in [-0.2, -0.15) is 0 Å². The summed E-state index contributed by atoms with van der Waals surface area (Å²) in [6, 6.07) is 41.0. The maximum absolute atomic E-state index is 13.7. The van der Waals surface area contributed by atoms with Gasteiger partial charge < -0.3 is 42.2 Å².